The summed E-state index contributed by atoms with van der Waals surface area (Å²) in [5.41, 5.74) is 0.442. The van der Waals surface area contributed by atoms with Gasteiger partial charge < -0.3 is 10.0 Å². The molecule has 0 spiro atoms. The number of nitrogens with zero attached hydrogens (tertiary/aromatic N) is 1. The normalized spacial score (nSPS) is 17.2. The van der Waals surface area contributed by atoms with E-state index >= 15 is 0 Å². The minimum Gasteiger partial charge on any atom is -0.392 e. The Morgan fingerprint density at radius 3 is 2.30 bits per heavy atom. The fourth-order valence-electron chi connectivity index (χ4n) is 3.04. The molecule has 1 aliphatic carbocycles. The number of likely N-dealkylation sites (N-methyl/N-ethyl adjacent to an activating group) is 1. The van der Waals surface area contributed by atoms with E-state index in [1.54, 1.807) is 24.0 Å². The lowest BCUT2D eigenvalue weighted by molar-refractivity contribution is 0.0660. The number of sulfone groups is 1. The molecule has 0 radical (unpaired) electrons. The second-order valence-corrected chi connectivity index (χ2v) is 8.40. The molecule has 1 amide bonds. The smallest absolute Gasteiger partial charge is 0.253 e. The largest absolute Gasteiger partial charge is 0.392 e. The van der Waals surface area contributed by atoms with Gasteiger partial charge in [0, 0.05) is 18.7 Å². The van der Waals surface area contributed by atoms with Crippen molar-refractivity contribution in [2.24, 2.45) is 0 Å². The molecule has 1 aromatic carbocycles. The molecule has 2 rings (SSSR count). The Hall–Kier alpha value is -1.40. The third-order valence-corrected chi connectivity index (χ3v) is 6.60. The predicted molar refractivity (Wildman–Crippen MR) is 89.1 cm³/mol. The molecule has 1 aliphatic rings. The Kier molecular flexibility index (Phi) is 5.81. The van der Waals surface area contributed by atoms with Gasteiger partial charge in [0.2, 0.25) is 0 Å². The van der Waals surface area contributed by atoms with Gasteiger partial charge in [0.1, 0.15) is 0 Å². The Labute approximate surface area is 138 Å². The number of hydrogen-bond donors (Lipinski definition) is 1. The predicted octanol–water partition coefficient (Wildman–Crippen LogP) is 2.25. The van der Waals surface area contributed by atoms with Gasteiger partial charge in [-0.15, -0.1) is 0 Å². The lowest BCUT2D eigenvalue weighted by Gasteiger charge is -2.22. The van der Waals surface area contributed by atoms with E-state index in [2.05, 4.69) is 0 Å². The van der Waals surface area contributed by atoms with Crippen molar-refractivity contribution in [3.63, 3.8) is 0 Å². The standard InChI is InChI=1S/C17H25NO4S/c1-3-18(12-13(2)19)17(20)14-8-10-16(11-9-14)23(21,22)15-6-4-5-7-15/h8-11,13,15,19H,3-7,12H2,1-2H3/t13-/m1/s1. The lowest BCUT2D eigenvalue weighted by Crippen LogP contribution is -2.36. The molecule has 0 saturated heterocycles. The number of benzene rings is 1. The fraction of sp³-hybridized carbons (Fsp3) is 0.588. The van der Waals surface area contributed by atoms with Crippen LogP contribution in [0.4, 0.5) is 0 Å². The van der Waals surface area contributed by atoms with E-state index in [1.807, 2.05) is 6.92 Å². The lowest BCUT2D eigenvalue weighted by atomic mass is 10.2. The number of amides is 1. The van der Waals surface area contributed by atoms with Crippen molar-refractivity contribution >= 4 is 15.7 Å². The number of carbonyl (C=O) groups is 1. The summed E-state index contributed by atoms with van der Waals surface area (Å²) in [5, 5.41) is 9.16. The Balaban J connectivity index is 2.17. The Morgan fingerprint density at radius 2 is 1.83 bits per heavy atom. The Morgan fingerprint density at radius 1 is 1.26 bits per heavy atom. The van der Waals surface area contributed by atoms with Gasteiger partial charge in [-0.05, 0) is 51.0 Å². The van der Waals surface area contributed by atoms with Gasteiger partial charge in [0.25, 0.3) is 5.91 Å². The molecule has 23 heavy (non-hydrogen) atoms. The molecule has 0 aliphatic heterocycles. The molecule has 1 fully saturated rings. The van der Waals surface area contributed by atoms with Crippen LogP contribution in [0.25, 0.3) is 0 Å². The van der Waals surface area contributed by atoms with Crippen LogP contribution in [0, 0.1) is 0 Å². The van der Waals surface area contributed by atoms with Gasteiger partial charge in [-0.3, -0.25) is 4.79 Å². The molecule has 0 unspecified atom stereocenters. The van der Waals surface area contributed by atoms with Crippen LogP contribution in [0.1, 0.15) is 49.9 Å². The van der Waals surface area contributed by atoms with E-state index in [4.69, 9.17) is 0 Å². The SMILES string of the molecule is CCN(C[C@@H](C)O)C(=O)c1ccc(S(=O)(=O)C2CCCC2)cc1. The van der Waals surface area contributed by atoms with Crippen LogP contribution in [0.2, 0.25) is 0 Å². The van der Waals surface area contributed by atoms with Crippen molar-refractivity contribution in [3.8, 4) is 0 Å². The third-order valence-electron chi connectivity index (χ3n) is 4.32. The minimum absolute atomic E-state index is 0.196. The first-order valence-electron chi connectivity index (χ1n) is 8.17. The average molecular weight is 339 g/mol. The third kappa shape index (κ3) is 4.12. The van der Waals surface area contributed by atoms with E-state index in [-0.39, 0.29) is 17.7 Å². The molecule has 6 heteroatoms. The van der Waals surface area contributed by atoms with Gasteiger partial charge in [-0.1, -0.05) is 12.8 Å². The van der Waals surface area contributed by atoms with Crippen LogP contribution < -0.4 is 0 Å². The highest BCUT2D eigenvalue weighted by Gasteiger charge is 2.30. The highest BCUT2D eigenvalue weighted by Crippen LogP contribution is 2.29. The van der Waals surface area contributed by atoms with Gasteiger partial charge >= 0.3 is 0 Å². The van der Waals surface area contributed by atoms with Crippen LogP contribution in [-0.4, -0.2) is 48.8 Å². The second kappa shape index (κ2) is 7.45. The summed E-state index contributed by atoms with van der Waals surface area (Å²) in [7, 11) is -3.29. The highest BCUT2D eigenvalue weighted by atomic mass is 32.2. The highest BCUT2D eigenvalue weighted by molar-refractivity contribution is 7.92. The molecule has 5 nitrogen and oxygen atoms in total. The Bertz CT molecular complexity index is 631. The van der Waals surface area contributed by atoms with Gasteiger partial charge in [0.15, 0.2) is 9.84 Å². The van der Waals surface area contributed by atoms with Crippen LogP contribution in [0.5, 0.6) is 0 Å². The zero-order valence-corrected chi connectivity index (χ0v) is 14.6. The summed E-state index contributed by atoms with van der Waals surface area (Å²) >= 11 is 0. The summed E-state index contributed by atoms with van der Waals surface area (Å²) in [4.78, 5) is 14.2. The quantitative estimate of drug-likeness (QED) is 0.862. The molecule has 1 atom stereocenters. The monoisotopic (exact) mass is 339 g/mol. The van der Waals surface area contributed by atoms with E-state index in [0.717, 1.165) is 25.7 Å². The topological polar surface area (TPSA) is 74.7 Å². The van der Waals surface area contributed by atoms with Gasteiger partial charge in [-0.2, -0.15) is 0 Å². The summed E-state index contributed by atoms with van der Waals surface area (Å²) in [5.74, 6) is -0.196. The number of rotatable bonds is 6. The van der Waals surface area contributed by atoms with Crippen molar-refractivity contribution in [1.29, 1.82) is 0 Å². The molecule has 0 bridgehead atoms. The first-order valence-corrected chi connectivity index (χ1v) is 9.72. The van der Waals surface area contributed by atoms with E-state index in [0.29, 0.717) is 17.0 Å². The average Bonchev–Trinajstić information content (AvgIpc) is 3.07. The van der Waals surface area contributed by atoms with Crippen molar-refractivity contribution in [1.82, 2.24) is 4.90 Å². The maximum absolute atomic E-state index is 12.5. The first-order chi connectivity index (χ1) is 10.9. The van der Waals surface area contributed by atoms with E-state index in [1.165, 1.54) is 12.1 Å². The summed E-state index contributed by atoms with van der Waals surface area (Å²) in [6.07, 6.45) is 2.78. The molecular weight excluding hydrogens is 314 g/mol. The summed E-state index contributed by atoms with van der Waals surface area (Å²) < 4.78 is 25.0. The maximum Gasteiger partial charge on any atom is 0.253 e. The maximum atomic E-state index is 12.5. The van der Waals surface area contributed by atoms with Crippen LogP contribution in [0.3, 0.4) is 0 Å². The van der Waals surface area contributed by atoms with Crippen molar-refractivity contribution < 1.29 is 18.3 Å². The van der Waals surface area contributed by atoms with Gasteiger partial charge in [0.05, 0.1) is 16.2 Å². The number of carbonyl (C=O) groups excluding carboxylic acids is 1. The summed E-state index contributed by atoms with van der Waals surface area (Å²) in [6, 6.07) is 6.18. The van der Waals surface area contributed by atoms with Crippen LogP contribution in [-0.2, 0) is 9.84 Å². The molecule has 1 aromatic rings. The molecule has 1 N–H and O–H groups in total. The molecule has 0 aromatic heterocycles. The zero-order valence-electron chi connectivity index (χ0n) is 13.7. The van der Waals surface area contributed by atoms with Gasteiger partial charge in [-0.25, -0.2) is 8.42 Å². The number of aliphatic hydroxyl groups excluding tert-OH is 1. The van der Waals surface area contributed by atoms with Crippen LogP contribution in [0.15, 0.2) is 29.2 Å². The van der Waals surface area contributed by atoms with Crippen molar-refractivity contribution in [2.45, 2.75) is 55.8 Å². The minimum atomic E-state index is -3.29. The van der Waals surface area contributed by atoms with E-state index < -0.39 is 15.9 Å². The number of hydrogen-bond acceptors (Lipinski definition) is 4. The molecule has 128 valence electrons. The van der Waals surface area contributed by atoms with Crippen molar-refractivity contribution in [3.05, 3.63) is 29.8 Å². The van der Waals surface area contributed by atoms with Crippen LogP contribution >= 0.6 is 0 Å². The fourth-order valence-corrected chi connectivity index (χ4v) is 4.89. The molecule has 1 saturated carbocycles. The summed E-state index contributed by atoms with van der Waals surface area (Å²) in [6.45, 7) is 4.23. The number of aliphatic hydroxyl groups is 1. The van der Waals surface area contributed by atoms with Crippen molar-refractivity contribution in [2.75, 3.05) is 13.1 Å². The first kappa shape index (κ1) is 17.9. The molecular formula is C17H25NO4S. The second-order valence-electron chi connectivity index (χ2n) is 6.17. The molecule has 0 heterocycles. The zero-order chi connectivity index (χ0) is 17.0. The van der Waals surface area contributed by atoms with E-state index in [9.17, 15) is 18.3 Å².